The van der Waals surface area contributed by atoms with Crippen LogP contribution in [0.25, 0.3) is 0 Å². The molecule has 182 valence electrons. The number of carbonyl (C=O) groups is 3. The van der Waals surface area contributed by atoms with Gasteiger partial charge in [0.1, 0.15) is 0 Å². The zero-order valence-electron chi connectivity index (χ0n) is 20.3. The predicted molar refractivity (Wildman–Crippen MR) is 129 cm³/mol. The van der Waals surface area contributed by atoms with E-state index in [9.17, 15) is 14.4 Å². The molecule has 0 aromatic heterocycles. The van der Waals surface area contributed by atoms with Gasteiger partial charge in [-0.05, 0) is 63.4 Å². The van der Waals surface area contributed by atoms with Gasteiger partial charge in [-0.25, -0.2) is 0 Å². The van der Waals surface area contributed by atoms with E-state index in [1.165, 1.54) is 7.11 Å². The van der Waals surface area contributed by atoms with Gasteiger partial charge in [-0.1, -0.05) is 24.1 Å². The third-order valence-electron chi connectivity index (χ3n) is 5.73. The number of nitrogens with zero attached hydrogens (tertiary/aromatic N) is 1. The summed E-state index contributed by atoms with van der Waals surface area (Å²) < 4.78 is 10.9. The third kappa shape index (κ3) is 6.27. The van der Waals surface area contributed by atoms with Gasteiger partial charge in [0, 0.05) is 24.2 Å². The highest BCUT2D eigenvalue weighted by Crippen LogP contribution is 2.28. The third-order valence-corrected chi connectivity index (χ3v) is 5.73. The second-order valence-electron chi connectivity index (χ2n) is 8.62. The topological polar surface area (TPSA) is 97.0 Å². The van der Waals surface area contributed by atoms with E-state index >= 15 is 0 Å². The molecule has 0 spiro atoms. The van der Waals surface area contributed by atoms with E-state index in [1.807, 2.05) is 39.0 Å². The molecule has 8 heteroatoms. The molecule has 3 rings (SSSR count). The van der Waals surface area contributed by atoms with Crippen LogP contribution in [0.4, 0.5) is 0 Å². The number of aryl methyl sites for hydroxylation is 2. The Balaban J connectivity index is 1.58. The van der Waals surface area contributed by atoms with Gasteiger partial charge in [-0.2, -0.15) is 0 Å². The lowest BCUT2D eigenvalue weighted by Gasteiger charge is -2.32. The zero-order valence-corrected chi connectivity index (χ0v) is 20.3. The number of rotatable bonds is 7. The van der Waals surface area contributed by atoms with Gasteiger partial charge < -0.3 is 14.4 Å². The first kappa shape index (κ1) is 25.1. The van der Waals surface area contributed by atoms with Gasteiger partial charge in [-0.15, -0.1) is 0 Å². The summed E-state index contributed by atoms with van der Waals surface area (Å²) in [6.45, 7) is 7.38. The minimum absolute atomic E-state index is 0.0780. The largest absolute Gasteiger partial charge is 0.493 e. The van der Waals surface area contributed by atoms with Crippen LogP contribution in [0.3, 0.4) is 0 Å². The van der Waals surface area contributed by atoms with E-state index in [2.05, 4.69) is 10.9 Å². The predicted octanol–water partition coefficient (Wildman–Crippen LogP) is 3.41. The van der Waals surface area contributed by atoms with Crippen molar-refractivity contribution in [1.29, 1.82) is 0 Å². The lowest BCUT2D eigenvalue weighted by Crippen LogP contribution is -2.50. The van der Waals surface area contributed by atoms with E-state index < -0.39 is 11.8 Å². The van der Waals surface area contributed by atoms with Gasteiger partial charge in [-0.3, -0.25) is 25.2 Å². The Morgan fingerprint density at radius 3 is 2.41 bits per heavy atom. The van der Waals surface area contributed by atoms with Crippen LogP contribution in [0.15, 0.2) is 36.4 Å². The summed E-state index contributed by atoms with van der Waals surface area (Å²) in [6, 6.07) is 10.6. The number of methoxy groups -OCH3 is 1. The fourth-order valence-electron chi connectivity index (χ4n) is 4.09. The highest BCUT2D eigenvalue weighted by molar-refractivity contribution is 5.97. The van der Waals surface area contributed by atoms with E-state index in [0.29, 0.717) is 48.7 Å². The van der Waals surface area contributed by atoms with Crippen molar-refractivity contribution in [2.45, 2.75) is 40.0 Å². The summed E-state index contributed by atoms with van der Waals surface area (Å²) >= 11 is 0. The molecule has 0 radical (unpaired) electrons. The summed E-state index contributed by atoms with van der Waals surface area (Å²) in [5, 5.41) is 0. The summed E-state index contributed by atoms with van der Waals surface area (Å²) in [5.41, 5.74) is 7.98. The minimum atomic E-state index is -0.465. The highest BCUT2D eigenvalue weighted by Gasteiger charge is 2.29. The molecule has 2 aromatic carbocycles. The average Bonchev–Trinajstić information content (AvgIpc) is 2.84. The Hall–Kier alpha value is -3.55. The SMILES string of the molecule is CCCOc1ccc(C(=O)NNC(=O)C2CCCN(C(=O)c3cc(C)cc(C)c3)C2)cc1OC. The molecular weight excluding hydrogens is 434 g/mol. The van der Waals surface area contributed by atoms with Gasteiger partial charge in [0.15, 0.2) is 11.5 Å². The van der Waals surface area contributed by atoms with E-state index in [4.69, 9.17) is 9.47 Å². The van der Waals surface area contributed by atoms with Crippen molar-refractivity contribution in [3.05, 3.63) is 58.7 Å². The number of likely N-dealkylation sites (tertiary alicyclic amines) is 1. The number of benzene rings is 2. The molecule has 8 nitrogen and oxygen atoms in total. The number of piperidine rings is 1. The standard InChI is InChI=1S/C26H33N3O5/c1-5-11-34-22-9-8-19(15-23(22)33-4)24(30)27-28-25(31)20-7-6-10-29(16-20)26(32)21-13-17(2)12-18(3)14-21/h8-9,12-15,20H,5-7,10-11,16H2,1-4H3,(H,27,30)(H,28,31). The highest BCUT2D eigenvalue weighted by atomic mass is 16.5. The van der Waals surface area contributed by atoms with Crippen molar-refractivity contribution < 1.29 is 23.9 Å². The quantitative estimate of drug-likeness (QED) is 0.609. The number of hydrogen-bond acceptors (Lipinski definition) is 5. The first-order chi connectivity index (χ1) is 16.3. The van der Waals surface area contributed by atoms with Crippen LogP contribution in [-0.4, -0.2) is 49.4 Å². The number of hydrogen-bond donors (Lipinski definition) is 2. The Morgan fingerprint density at radius 1 is 1.00 bits per heavy atom. The molecule has 0 aliphatic carbocycles. The number of nitrogens with one attached hydrogen (secondary N) is 2. The van der Waals surface area contributed by atoms with Crippen LogP contribution in [0.5, 0.6) is 11.5 Å². The van der Waals surface area contributed by atoms with Gasteiger partial charge >= 0.3 is 0 Å². The number of carbonyl (C=O) groups excluding carboxylic acids is 3. The fraction of sp³-hybridized carbons (Fsp3) is 0.423. The van der Waals surface area contributed by atoms with Crippen LogP contribution in [0, 0.1) is 19.8 Å². The fourth-order valence-corrected chi connectivity index (χ4v) is 4.09. The lowest BCUT2D eigenvalue weighted by molar-refractivity contribution is -0.127. The molecule has 1 saturated heterocycles. The van der Waals surface area contributed by atoms with E-state index in [1.54, 1.807) is 23.1 Å². The van der Waals surface area contributed by atoms with Crippen molar-refractivity contribution in [3.63, 3.8) is 0 Å². The van der Waals surface area contributed by atoms with Crippen LogP contribution in [-0.2, 0) is 4.79 Å². The Morgan fingerprint density at radius 2 is 1.74 bits per heavy atom. The monoisotopic (exact) mass is 467 g/mol. The molecule has 1 aliphatic heterocycles. The lowest BCUT2D eigenvalue weighted by atomic mass is 9.96. The summed E-state index contributed by atoms with van der Waals surface area (Å²) in [6.07, 6.45) is 2.22. The molecule has 1 unspecified atom stereocenters. The molecule has 34 heavy (non-hydrogen) atoms. The van der Waals surface area contributed by atoms with Crippen molar-refractivity contribution >= 4 is 17.7 Å². The maximum atomic E-state index is 13.0. The van der Waals surface area contributed by atoms with Crippen LogP contribution < -0.4 is 20.3 Å². The van der Waals surface area contributed by atoms with Crippen LogP contribution in [0.1, 0.15) is 58.0 Å². The zero-order chi connectivity index (χ0) is 24.7. The minimum Gasteiger partial charge on any atom is -0.493 e. The van der Waals surface area contributed by atoms with E-state index in [-0.39, 0.29) is 11.8 Å². The van der Waals surface area contributed by atoms with Gasteiger partial charge in [0.25, 0.3) is 11.8 Å². The molecule has 2 N–H and O–H groups in total. The van der Waals surface area contributed by atoms with Gasteiger partial charge in [0.05, 0.1) is 19.6 Å². The second kappa shape index (κ2) is 11.5. The summed E-state index contributed by atoms with van der Waals surface area (Å²) in [5.74, 6) is -0.260. The molecule has 3 amide bonds. The molecule has 1 atom stereocenters. The second-order valence-corrected chi connectivity index (χ2v) is 8.62. The molecule has 1 fully saturated rings. The normalized spacial score (nSPS) is 15.4. The molecular formula is C26H33N3O5. The van der Waals surface area contributed by atoms with Crippen molar-refractivity contribution in [2.24, 2.45) is 5.92 Å². The first-order valence-corrected chi connectivity index (χ1v) is 11.6. The summed E-state index contributed by atoms with van der Waals surface area (Å²) in [7, 11) is 1.51. The van der Waals surface area contributed by atoms with Crippen molar-refractivity contribution in [2.75, 3.05) is 26.8 Å². The summed E-state index contributed by atoms with van der Waals surface area (Å²) in [4.78, 5) is 40.0. The molecule has 1 heterocycles. The molecule has 0 bridgehead atoms. The van der Waals surface area contributed by atoms with Crippen LogP contribution >= 0.6 is 0 Å². The Bertz CT molecular complexity index is 1030. The maximum absolute atomic E-state index is 13.0. The molecule has 1 aliphatic rings. The number of amides is 3. The Labute approximate surface area is 200 Å². The van der Waals surface area contributed by atoms with Gasteiger partial charge in [0.2, 0.25) is 5.91 Å². The number of hydrazine groups is 1. The molecule has 0 saturated carbocycles. The van der Waals surface area contributed by atoms with Crippen LogP contribution in [0.2, 0.25) is 0 Å². The Kier molecular flexibility index (Phi) is 8.51. The van der Waals surface area contributed by atoms with E-state index in [0.717, 1.165) is 24.0 Å². The first-order valence-electron chi connectivity index (χ1n) is 11.6. The smallest absolute Gasteiger partial charge is 0.269 e. The van der Waals surface area contributed by atoms with Crippen molar-refractivity contribution in [3.8, 4) is 11.5 Å². The average molecular weight is 468 g/mol. The number of ether oxygens (including phenoxy) is 2. The maximum Gasteiger partial charge on any atom is 0.269 e. The molecule has 2 aromatic rings. The van der Waals surface area contributed by atoms with Crippen molar-refractivity contribution in [1.82, 2.24) is 15.8 Å².